The largest absolute Gasteiger partial charge is 0.417 e. The summed E-state index contributed by atoms with van der Waals surface area (Å²) in [6.45, 7) is 2.67. The Bertz CT molecular complexity index is 840. The number of carbonyl (C=O) groups is 1. The second-order valence-corrected chi connectivity index (χ2v) is 8.01. The Kier molecular flexibility index (Phi) is 6.04. The Labute approximate surface area is 158 Å². The van der Waals surface area contributed by atoms with Gasteiger partial charge in [-0.3, -0.25) is 9.36 Å². The van der Waals surface area contributed by atoms with Crippen LogP contribution in [0.1, 0.15) is 46.8 Å². The van der Waals surface area contributed by atoms with Crippen LogP contribution in [-0.2, 0) is 16.9 Å². The van der Waals surface area contributed by atoms with E-state index in [0.717, 1.165) is 0 Å². The molecule has 2 rings (SSSR count). The van der Waals surface area contributed by atoms with Gasteiger partial charge in [0.25, 0.3) is 0 Å². The summed E-state index contributed by atoms with van der Waals surface area (Å²) in [6.07, 6.45) is -10.3. The van der Waals surface area contributed by atoms with Gasteiger partial charge in [-0.1, -0.05) is 36.4 Å². The van der Waals surface area contributed by atoms with E-state index >= 15 is 0 Å². The first-order valence-corrected chi connectivity index (χ1v) is 8.83. The highest BCUT2D eigenvalue weighted by molar-refractivity contribution is 7.26. The first kappa shape index (κ1) is 22.1. The molecule has 28 heavy (non-hydrogen) atoms. The molecule has 9 heteroatoms. The topological polar surface area (TPSA) is 34.1 Å². The fourth-order valence-electron chi connectivity index (χ4n) is 3.01. The Morgan fingerprint density at radius 1 is 0.821 bits per heavy atom. The minimum Gasteiger partial charge on any atom is -0.293 e. The van der Waals surface area contributed by atoms with Gasteiger partial charge in [0.2, 0.25) is 0 Å². The number of hydrogen-bond donors (Lipinski definition) is 0. The molecule has 0 radical (unpaired) electrons. The van der Waals surface area contributed by atoms with Gasteiger partial charge in [-0.2, -0.15) is 26.3 Å². The van der Waals surface area contributed by atoms with Crippen molar-refractivity contribution >= 4 is 14.2 Å². The monoisotopic (exact) mass is 420 g/mol. The Balaban J connectivity index is 2.83. The van der Waals surface area contributed by atoms with Gasteiger partial charge in [0.1, 0.15) is 0 Å². The van der Waals surface area contributed by atoms with Crippen LogP contribution in [0.3, 0.4) is 0 Å². The highest BCUT2D eigenvalue weighted by Crippen LogP contribution is 2.45. The lowest BCUT2D eigenvalue weighted by molar-refractivity contribution is -0.143. The zero-order valence-electron chi connectivity index (χ0n) is 14.7. The molecule has 0 N–H and O–H groups in total. The minimum atomic E-state index is -5.17. The van der Waals surface area contributed by atoms with Crippen LogP contribution in [0, 0.1) is 0 Å². The van der Waals surface area contributed by atoms with Gasteiger partial charge < -0.3 is 0 Å². The zero-order valence-corrected chi connectivity index (χ0v) is 15.6. The second-order valence-electron chi connectivity index (χ2n) is 6.68. The Hall–Kier alpha value is -2.21. The van der Waals surface area contributed by atoms with Crippen LogP contribution in [0.15, 0.2) is 48.5 Å². The third-order valence-corrected chi connectivity index (χ3v) is 4.99. The molecule has 1 unspecified atom stereocenters. The lowest BCUT2D eigenvalue weighted by atomic mass is 9.79. The van der Waals surface area contributed by atoms with Crippen LogP contribution in [0.4, 0.5) is 26.3 Å². The van der Waals surface area contributed by atoms with Crippen molar-refractivity contribution < 1.29 is 35.7 Å². The van der Waals surface area contributed by atoms with Crippen molar-refractivity contribution in [2.24, 2.45) is 0 Å². The summed E-state index contributed by atoms with van der Waals surface area (Å²) in [4.78, 5) is 13.1. The zero-order chi connectivity index (χ0) is 21.3. The van der Waals surface area contributed by atoms with E-state index in [4.69, 9.17) is 0 Å². The molecular formula is C19H15F6O2P. The van der Waals surface area contributed by atoms with E-state index in [-0.39, 0.29) is 5.56 Å². The third kappa shape index (κ3) is 4.43. The van der Waals surface area contributed by atoms with E-state index in [1.54, 1.807) is 6.07 Å². The molecule has 0 fully saturated rings. The SMILES string of the molecule is CC(C)(P=O)C(C(=O)c1c(C(F)(F)F)cccc1C(F)(F)F)c1ccccc1. The van der Waals surface area contributed by atoms with E-state index < -0.39 is 54.4 Å². The normalized spacial score (nSPS) is 14.1. The van der Waals surface area contributed by atoms with Crippen LogP contribution < -0.4 is 0 Å². The number of Topliss-reactive ketones (excluding diaryl/α,β-unsaturated/α-hetero) is 1. The van der Waals surface area contributed by atoms with Crippen molar-refractivity contribution in [2.75, 3.05) is 0 Å². The smallest absolute Gasteiger partial charge is 0.293 e. The quantitative estimate of drug-likeness (QED) is 0.304. The predicted molar refractivity (Wildman–Crippen MR) is 91.6 cm³/mol. The van der Waals surface area contributed by atoms with Gasteiger partial charge in [-0.25, -0.2) is 0 Å². The van der Waals surface area contributed by atoms with Crippen LogP contribution in [-0.4, -0.2) is 10.9 Å². The third-order valence-electron chi connectivity index (χ3n) is 4.26. The molecule has 1 atom stereocenters. The van der Waals surface area contributed by atoms with E-state index in [1.165, 1.54) is 38.1 Å². The predicted octanol–water partition coefficient (Wildman–Crippen LogP) is 6.76. The lowest BCUT2D eigenvalue weighted by Crippen LogP contribution is -2.33. The average Bonchev–Trinajstić information content (AvgIpc) is 2.60. The maximum absolute atomic E-state index is 13.4. The number of halogens is 6. The fraction of sp³-hybridized carbons (Fsp3) is 0.316. The van der Waals surface area contributed by atoms with Crippen molar-refractivity contribution in [2.45, 2.75) is 37.3 Å². The van der Waals surface area contributed by atoms with Crippen molar-refractivity contribution in [1.29, 1.82) is 0 Å². The number of alkyl halides is 6. The van der Waals surface area contributed by atoms with Crippen molar-refractivity contribution in [3.63, 3.8) is 0 Å². The first-order chi connectivity index (χ1) is 12.8. The average molecular weight is 420 g/mol. The van der Waals surface area contributed by atoms with E-state index in [1.807, 2.05) is 0 Å². The van der Waals surface area contributed by atoms with Crippen molar-refractivity contribution in [3.8, 4) is 0 Å². The van der Waals surface area contributed by atoms with Gasteiger partial charge in [0.05, 0.1) is 22.2 Å². The number of benzene rings is 2. The van der Waals surface area contributed by atoms with E-state index in [0.29, 0.717) is 18.2 Å². The molecule has 0 aliphatic heterocycles. The molecule has 0 aromatic heterocycles. The van der Waals surface area contributed by atoms with Crippen LogP contribution in [0.25, 0.3) is 0 Å². The molecule has 0 aliphatic rings. The molecule has 0 spiro atoms. The van der Waals surface area contributed by atoms with Crippen molar-refractivity contribution in [1.82, 2.24) is 0 Å². The second kappa shape index (κ2) is 7.66. The molecule has 2 aromatic rings. The summed E-state index contributed by atoms with van der Waals surface area (Å²) in [5.41, 5.74) is -4.64. The molecule has 2 aromatic carbocycles. The molecule has 0 saturated carbocycles. The van der Waals surface area contributed by atoms with Crippen LogP contribution >= 0.6 is 8.46 Å². The number of hydrogen-bond acceptors (Lipinski definition) is 2. The molecule has 2 nitrogen and oxygen atoms in total. The number of ketones is 1. The standard InChI is InChI=1S/C19H15F6O2P/c1-17(2,28-27)15(11-7-4-3-5-8-11)16(26)14-12(18(20,21)22)9-6-10-13(14)19(23,24)25/h3-10,15H,1-2H3. The van der Waals surface area contributed by atoms with Gasteiger partial charge in [-0.15, -0.1) is 0 Å². The molecule has 0 aliphatic carbocycles. The summed E-state index contributed by atoms with van der Waals surface area (Å²) in [7, 11) is -0.596. The molecule has 0 saturated heterocycles. The summed E-state index contributed by atoms with van der Waals surface area (Å²) < 4.78 is 92.3. The molecular weight excluding hydrogens is 405 g/mol. The first-order valence-electron chi connectivity index (χ1n) is 8.01. The van der Waals surface area contributed by atoms with Crippen LogP contribution in [0.5, 0.6) is 0 Å². The molecule has 0 amide bonds. The van der Waals surface area contributed by atoms with Gasteiger partial charge in [0.15, 0.2) is 14.2 Å². The van der Waals surface area contributed by atoms with Gasteiger partial charge in [0, 0.05) is 5.56 Å². The minimum absolute atomic E-state index is 0.172. The maximum Gasteiger partial charge on any atom is 0.417 e. The van der Waals surface area contributed by atoms with Gasteiger partial charge in [-0.05, 0) is 31.5 Å². The highest BCUT2D eigenvalue weighted by atomic mass is 31.1. The highest BCUT2D eigenvalue weighted by Gasteiger charge is 2.47. The lowest BCUT2D eigenvalue weighted by Gasteiger charge is -2.29. The Morgan fingerprint density at radius 2 is 1.29 bits per heavy atom. The summed E-state index contributed by atoms with van der Waals surface area (Å²) in [5, 5.41) is -1.44. The van der Waals surface area contributed by atoms with E-state index in [9.17, 15) is 35.7 Å². The summed E-state index contributed by atoms with van der Waals surface area (Å²) in [5.74, 6) is -2.88. The van der Waals surface area contributed by atoms with Crippen LogP contribution in [0.2, 0.25) is 0 Å². The maximum atomic E-state index is 13.4. The number of carbonyl (C=O) groups excluding carboxylic acids is 1. The molecule has 150 valence electrons. The van der Waals surface area contributed by atoms with Crippen molar-refractivity contribution in [3.05, 3.63) is 70.8 Å². The fourth-order valence-corrected chi connectivity index (χ4v) is 3.38. The number of rotatable bonds is 5. The Morgan fingerprint density at radius 3 is 1.68 bits per heavy atom. The van der Waals surface area contributed by atoms with Gasteiger partial charge >= 0.3 is 12.4 Å². The summed E-state index contributed by atoms with van der Waals surface area (Å²) in [6, 6.07) is 8.85. The molecule has 0 bridgehead atoms. The summed E-state index contributed by atoms with van der Waals surface area (Å²) >= 11 is 0. The molecule has 0 heterocycles. The van der Waals surface area contributed by atoms with E-state index in [2.05, 4.69) is 0 Å².